The van der Waals surface area contributed by atoms with Crippen molar-refractivity contribution in [2.75, 3.05) is 13.1 Å². The molecule has 3 heterocycles. The molecule has 1 unspecified atom stereocenters. The van der Waals surface area contributed by atoms with Crippen molar-refractivity contribution < 1.29 is 0 Å². The highest BCUT2D eigenvalue weighted by Gasteiger charge is 2.23. The number of pyridine rings is 1. The average Bonchev–Trinajstić information content (AvgIpc) is 2.84. The fraction of sp³-hybridized carbons (Fsp3) is 0.562. The zero-order valence-corrected chi connectivity index (χ0v) is 13.0. The van der Waals surface area contributed by atoms with Crippen LogP contribution in [0.5, 0.6) is 0 Å². The van der Waals surface area contributed by atoms with Crippen LogP contribution in [0.4, 0.5) is 0 Å². The van der Waals surface area contributed by atoms with E-state index in [1.54, 1.807) is 0 Å². The molecule has 2 aromatic rings. The third-order valence-corrected chi connectivity index (χ3v) is 4.67. The molecule has 0 amide bonds. The lowest BCUT2D eigenvalue weighted by Crippen LogP contribution is -2.40. The van der Waals surface area contributed by atoms with Crippen LogP contribution in [0.1, 0.15) is 32.5 Å². The highest BCUT2D eigenvalue weighted by Crippen LogP contribution is 2.24. The Morgan fingerprint density at radius 2 is 2.30 bits per heavy atom. The second-order valence-electron chi connectivity index (χ2n) is 6.09. The number of piperidine rings is 1. The number of fused-ring (bicyclic) bond motifs is 1. The Labute approximate surface area is 125 Å². The van der Waals surface area contributed by atoms with Gasteiger partial charge >= 0.3 is 0 Å². The minimum Gasteiger partial charge on any atom is -0.302 e. The van der Waals surface area contributed by atoms with Crippen LogP contribution in [-0.2, 0) is 6.42 Å². The number of nitrogens with zero attached hydrogens (tertiary/aromatic N) is 3. The van der Waals surface area contributed by atoms with Crippen LogP contribution >= 0.6 is 11.6 Å². The number of rotatable bonds is 3. The molecule has 0 aromatic carbocycles. The number of aromatic nitrogens is 2. The van der Waals surface area contributed by atoms with Crippen molar-refractivity contribution >= 4 is 17.1 Å². The summed E-state index contributed by atoms with van der Waals surface area (Å²) in [6, 6.07) is 4.55. The van der Waals surface area contributed by atoms with Gasteiger partial charge in [0, 0.05) is 25.2 Å². The minimum absolute atomic E-state index is 0.643. The molecular formula is C16H22ClN3. The molecule has 1 aliphatic heterocycles. The Morgan fingerprint density at radius 1 is 1.45 bits per heavy atom. The van der Waals surface area contributed by atoms with Crippen LogP contribution in [0.3, 0.4) is 0 Å². The van der Waals surface area contributed by atoms with Gasteiger partial charge in [-0.1, -0.05) is 11.6 Å². The molecule has 0 saturated carbocycles. The lowest BCUT2D eigenvalue weighted by molar-refractivity contribution is 0.138. The lowest BCUT2D eigenvalue weighted by Gasteiger charge is -2.35. The van der Waals surface area contributed by atoms with Crippen molar-refractivity contribution in [2.24, 2.45) is 5.92 Å². The summed E-state index contributed by atoms with van der Waals surface area (Å²) in [6.07, 6.45) is 7.59. The van der Waals surface area contributed by atoms with Crippen molar-refractivity contribution in [3.8, 4) is 0 Å². The maximum Gasteiger partial charge on any atom is 0.113 e. The second-order valence-corrected chi connectivity index (χ2v) is 6.49. The number of imidazole rings is 1. The van der Waals surface area contributed by atoms with E-state index in [2.05, 4.69) is 34.3 Å². The highest BCUT2D eigenvalue weighted by molar-refractivity contribution is 6.33. The number of hydrogen-bond donors (Lipinski definition) is 0. The molecule has 4 heteroatoms. The van der Waals surface area contributed by atoms with E-state index in [1.807, 2.05) is 18.3 Å². The average molecular weight is 292 g/mol. The molecule has 1 atom stereocenters. The molecule has 0 radical (unpaired) electrons. The van der Waals surface area contributed by atoms with E-state index < -0.39 is 0 Å². The quantitative estimate of drug-likeness (QED) is 0.860. The van der Waals surface area contributed by atoms with Gasteiger partial charge in [-0.05, 0) is 51.3 Å². The predicted molar refractivity (Wildman–Crippen MR) is 83.3 cm³/mol. The summed E-state index contributed by atoms with van der Waals surface area (Å²) in [5.74, 6) is 1.84. The van der Waals surface area contributed by atoms with Gasteiger partial charge in [-0.25, -0.2) is 4.98 Å². The number of halogens is 1. The fourth-order valence-corrected chi connectivity index (χ4v) is 3.40. The normalized spacial score (nSPS) is 20.9. The number of likely N-dealkylation sites (tertiary alicyclic amines) is 1. The molecule has 0 bridgehead atoms. The molecular weight excluding hydrogens is 270 g/mol. The molecule has 1 aliphatic rings. The molecule has 0 aliphatic carbocycles. The topological polar surface area (TPSA) is 20.5 Å². The molecule has 3 rings (SSSR count). The summed E-state index contributed by atoms with van der Waals surface area (Å²) in [5, 5.41) is 0.777. The molecule has 1 fully saturated rings. The van der Waals surface area contributed by atoms with Gasteiger partial charge in [-0.3, -0.25) is 0 Å². The van der Waals surface area contributed by atoms with Gasteiger partial charge in [-0.15, -0.1) is 0 Å². The molecule has 0 N–H and O–H groups in total. The number of hydrogen-bond acceptors (Lipinski definition) is 2. The largest absolute Gasteiger partial charge is 0.302 e. The third-order valence-electron chi connectivity index (χ3n) is 4.35. The molecule has 2 aromatic heterocycles. The van der Waals surface area contributed by atoms with Crippen molar-refractivity contribution in [1.82, 2.24) is 14.3 Å². The van der Waals surface area contributed by atoms with E-state index in [9.17, 15) is 0 Å². The highest BCUT2D eigenvalue weighted by atomic mass is 35.5. The Hall–Kier alpha value is -1.06. The lowest BCUT2D eigenvalue weighted by atomic mass is 9.93. The zero-order valence-electron chi connectivity index (χ0n) is 12.2. The first-order valence-electron chi connectivity index (χ1n) is 7.49. The third kappa shape index (κ3) is 2.70. The van der Waals surface area contributed by atoms with Crippen LogP contribution in [0.25, 0.3) is 5.52 Å². The Bertz CT molecular complexity index is 590. The first-order valence-corrected chi connectivity index (χ1v) is 7.87. The first kappa shape index (κ1) is 13.9. The van der Waals surface area contributed by atoms with Gasteiger partial charge in [-0.2, -0.15) is 0 Å². The summed E-state index contributed by atoms with van der Waals surface area (Å²) in [4.78, 5) is 7.16. The van der Waals surface area contributed by atoms with Crippen molar-refractivity contribution in [3.63, 3.8) is 0 Å². The van der Waals surface area contributed by atoms with Crippen LogP contribution in [0, 0.1) is 5.92 Å². The van der Waals surface area contributed by atoms with Crippen LogP contribution < -0.4 is 0 Å². The maximum atomic E-state index is 6.21. The molecule has 108 valence electrons. The van der Waals surface area contributed by atoms with Gasteiger partial charge in [0.1, 0.15) is 5.82 Å². The molecule has 1 saturated heterocycles. The fourth-order valence-electron chi connectivity index (χ4n) is 3.18. The van der Waals surface area contributed by atoms with E-state index in [0.717, 1.165) is 22.8 Å². The van der Waals surface area contributed by atoms with Crippen molar-refractivity contribution in [2.45, 2.75) is 39.2 Å². The second kappa shape index (κ2) is 5.74. The minimum atomic E-state index is 0.643. The predicted octanol–water partition coefficient (Wildman–Crippen LogP) is 3.65. The van der Waals surface area contributed by atoms with Gasteiger partial charge in [0.05, 0.1) is 16.7 Å². The van der Waals surface area contributed by atoms with Crippen LogP contribution in [-0.4, -0.2) is 33.4 Å². The van der Waals surface area contributed by atoms with Gasteiger partial charge in [0.2, 0.25) is 0 Å². The summed E-state index contributed by atoms with van der Waals surface area (Å²) in [7, 11) is 0. The van der Waals surface area contributed by atoms with E-state index in [4.69, 9.17) is 11.6 Å². The Balaban J connectivity index is 1.78. The van der Waals surface area contributed by atoms with E-state index in [-0.39, 0.29) is 0 Å². The molecule has 3 nitrogen and oxygen atoms in total. The summed E-state index contributed by atoms with van der Waals surface area (Å²) in [6.45, 7) is 7.00. The summed E-state index contributed by atoms with van der Waals surface area (Å²) >= 11 is 6.21. The van der Waals surface area contributed by atoms with Crippen LogP contribution in [0.15, 0.2) is 24.5 Å². The SMILES string of the molecule is CC(C)N1CCCC(Cc2ncc3c(Cl)cccn23)C1. The van der Waals surface area contributed by atoms with Gasteiger partial charge < -0.3 is 9.30 Å². The van der Waals surface area contributed by atoms with Gasteiger partial charge in [0.25, 0.3) is 0 Å². The molecule has 20 heavy (non-hydrogen) atoms. The Kier molecular flexibility index (Phi) is 3.99. The monoisotopic (exact) mass is 291 g/mol. The molecule has 0 spiro atoms. The van der Waals surface area contributed by atoms with Crippen LogP contribution in [0.2, 0.25) is 5.02 Å². The standard InChI is InChI=1S/C16H22ClN3/c1-12(2)19-7-3-5-13(11-19)9-16-18-10-15-14(17)6-4-8-20(15)16/h4,6,8,10,12-13H,3,5,7,9,11H2,1-2H3. The summed E-state index contributed by atoms with van der Waals surface area (Å²) < 4.78 is 2.14. The van der Waals surface area contributed by atoms with Crippen molar-refractivity contribution in [3.05, 3.63) is 35.4 Å². The maximum absolute atomic E-state index is 6.21. The van der Waals surface area contributed by atoms with E-state index in [0.29, 0.717) is 12.0 Å². The Morgan fingerprint density at radius 3 is 3.10 bits per heavy atom. The van der Waals surface area contributed by atoms with E-state index >= 15 is 0 Å². The van der Waals surface area contributed by atoms with Gasteiger partial charge in [0.15, 0.2) is 0 Å². The first-order chi connectivity index (χ1) is 9.65. The van der Waals surface area contributed by atoms with E-state index in [1.165, 1.54) is 25.9 Å². The smallest absolute Gasteiger partial charge is 0.113 e. The van der Waals surface area contributed by atoms with Crippen molar-refractivity contribution in [1.29, 1.82) is 0 Å². The summed E-state index contributed by atoms with van der Waals surface area (Å²) in [5.41, 5.74) is 1.01. The zero-order chi connectivity index (χ0) is 14.1.